The number of hydrogen-bond acceptors (Lipinski definition) is 5. The average molecular weight is 372 g/mol. The molecule has 2 rings (SSSR count). The molecule has 0 radical (unpaired) electrons. The Bertz CT molecular complexity index is 791. The lowest BCUT2D eigenvalue weighted by atomic mass is 9.98. The number of nitrogens with one attached hydrogen (secondary N) is 1. The minimum absolute atomic E-state index is 0.0915. The van der Waals surface area contributed by atoms with Crippen molar-refractivity contribution in [3.63, 3.8) is 0 Å². The highest BCUT2D eigenvalue weighted by molar-refractivity contribution is 5.95. The maximum Gasteiger partial charge on any atom is 0.305 e. The van der Waals surface area contributed by atoms with Crippen LogP contribution in [-0.2, 0) is 16.1 Å². The number of amides is 1. The molecule has 1 amide bonds. The fourth-order valence-corrected chi connectivity index (χ4v) is 2.64. The molecule has 1 aromatic heterocycles. The largest absolute Gasteiger partial charge is 0.487 e. The Labute approximate surface area is 158 Å². The Balaban J connectivity index is 2.05. The van der Waals surface area contributed by atoms with Gasteiger partial charge in [-0.3, -0.25) is 14.6 Å². The van der Waals surface area contributed by atoms with Crippen molar-refractivity contribution in [3.8, 4) is 5.75 Å². The molecule has 1 atom stereocenters. The number of hydrogen-bond donors (Lipinski definition) is 2. The number of aryl methyl sites for hydroxylation is 1. The molecule has 0 aliphatic carbocycles. The van der Waals surface area contributed by atoms with E-state index in [0.717, 1.165) is 11.3 Å². The van der Waals surface area contributed by atoms with Crippen molar-refractivity contribution in [2.45, 2.75) is 32.4 Å². The normalized spacial score (nSPS) is 12.9. The van der Waals surface area contributed by atoms with Crippen molar-refractivity contribution < 1.29 is 24.2 Å². The molecular weight excluding hydrogens is 348 g/mol. The van der Waals surface area contributed by atoms with Crippen LogP contribution in [0.3, 0.4) is 0 Å². The summed E-state index contributed by atoms with van der Waals surface area (Å²) in [5.74, 6) is -0.733. The smallest absolute Gasteiger partial charge is 0.305 e. The van der Waals surface area contributed by atoms with Gasteiger partial charge >= 0.3 is 5.97 Å². The van der Waals surface area contributed by atoms with Crippen molar-refractivity contribution in [3.05, 3.63) is 59.4 Å². The van der Waals surface area contributed by atoms with E-state index in [1.54, 1.807) is 31.3 Å². The van der Waals surface area contributed by atoms with Crippen LogP contribution in [0.4, 0.5) is 0 Å². The summed E-state index contributed by atoms with van der Waals surface area (Å²) in [6.07, 6.45) is 1.41. The third kappa shape index (κ3) is 6.38. The van der Waals surface area contributed by atoms with Crippen molar-refractivity contribution in [1.29, 1.82) is 0 Å². The van der Waals surface area contributed by atoms with Crippen LogP contribution in [0, 0.1) is 6.92 Å². The van der Waals surface area contributed by atoms with E-state index in [0.29, 0.717) is 11.3 Å². The minimum Gasteiger partial charge on any atom is -0.487 e. The number of carboxylic acid groups (broad SMARTS) is 1. The number of carbonyl (C=O) groups excluding carboxylic acids is 1. The van der Waals surface area contributed by atoms with E-state index in [-0.39, 0.29) is 25.5 Å². The van der Waals surface area contributed by atoms with Crippen LogP contribution in [0.15, 0.2) is 42.6 Å². The van der Waals surface area contributed by atoms with Gasteiger partial charge in [-0.1, -0.05) is 12.1 Å². The maximum atomic E-state index is 12.6. The third-order valence-electron chi connectivity index (χ3n) is 3.90. The fraction of sp³-hybridized carbons (Fsp3) is 0.350. The lowest BCUT2D eigenvalue weighted by Gasteiger charge is -2.28. The first kappa shape index (κ1) is 20.4. The number of methoxy groups -OCH3 is 1. The number of pyridine rings is 1. The molecule has 1 heterocycles. The molecule has 0 aliphatic rings. The summed E-state index contributed by atoms with van der Waals surface area (Å²) in [5, 5.41) is 11.8. The van der Waals surface area contributed by atoms with Crippen LogP contribution in [0.2, 0.25) is 0 Å². The quantitative estimate of drug-likeness (QED) is 0.702. The molecule has 2 aromatic rings. The number of carbonyl (C=O) groups is 2. The molecule has 1 unspecified atom stereocenters. The van der Waals surface area contributed by atoms with Crippen molar-refractivity contribution in [2.24, 2.45) is 0 Å². The van der Waals surface area contributed by atoms with Gasteiger partial charge in [-0.15, -0.1) is 0 Å². The van der Waals surface area contributed by atoms with E-state index >= 15 is 0 Å². The summed E-state index contributed by atoms with van der Waals surface area (Å²) < 4.78 is 10.7. The monoisotopic (exact) mass is 372 g/mol. The second-order valence-corrected chi connectivity index (χ2v) is 6.64. The van der Waals surface area contributed by atoms with Crippen LogP contribution < -0.4 is 10.1 Å². The highest BCUT2D eigenvalue weighted by Crippen LogP contribution is 2.15. The first-order chi connectivity index (χ1) is 12.8. The van der Waals surface area contributed by atoms with Crippen molar-refractivity contribution >= 4 is 11.9 Å². The van der Waals surface area contributed by atoms with Crippen LogP contribution in [-0.4, -0.2) is 41.2 Å². The van der Waals surface area contributed by atoms with Crippen molar-refractivity contribution in [2.75, 3.05) is 13.7 Å². The Morgan fingerprint density at radius 1 is 1.26 bits per heavy atom. The number of benzene rings is 1. The summed E-state index contributed by atoms with van der Waals surface area (Å²) in [6.45, 7) is 3.91. The van der Waals surface area contributed by atoms with Gasteiger partial charge < -0.3 is 19.9 Å². The molecule has 0 fully saturated rings. The third-order valence-corrected chi connectivity index (χ3v) is 3.90. The van der Waals surface area contributed by atoms with Gasteiger partial charge in [0.25, 0.3) is 5.91 Å². The van der Waals surface area contributed by atoms with E-state index in [9.17, 15) is 9.59 Å². The predicted octanol–water partition coefficient (Wildman–Crippen LogP) is 2.58. The van der Waals surface area contributed by atoms with Crippen LogP contribution in [0.25, 0.3) is 0 Å². The molecule has 7 nitrogen and oxygen atoms in total. The summed E-state index contributed by atoms with van der Waals surface area (Å²) in [5.41, 5.74) is 1.14. The SMILES string of the molecule is COCC(C)(CC(=O)O)NC(=O)c1cccc(COc2ccc(C)nc2)c1. The molecule has 0 bridgehead atoms. The van der Waals surface area contributed by atoms with Gasteiger partial charge in [-0.2, -0.15) is 0 Å². The number of rotatable bonds is 9. The van der Waals surface area contributed by atoms with E-state index in [4.69, 9.17) is 14.6 Å². The topological polar surface area (TPSA) is 97.8 Å². The van der Waals surface area contributed by atoms with Gasteiger partial charge in [0, 0.05) is 18.4 Å². The first-order valence-electron chi connectivity index (χ1n) is 8.49. The molecule has 0 aliphatic heterocycles. The predicted molar refractivity (Wildman–Crippen MR) is 99.7 cm³/mol. The molecule has 0 saturated carbocycles. The van der Waals surface area contributed by atoms with E-state index in [1.807, 2.05) is 25.1 Å². The Kier molecular flexibility index (Phi) is 6.90. The highest BCUT2D eigenvalue weighted by atomic mass is 16.5. The second-order valence-electron chi connectivity index (χ2n) is 6.64. The number of aliphatic carboxylic acids is 1. The van der Waals surface area contributed by atoms with Gasteiger partial charge in [-0.05, 0) is 43.7 Å². The Morgan fingerprint density at radius 2 is 2.04 bits per heavy atom. The Hall–Kier alpha value is -2.93. The summed E-state index contributed by atoms with van der Waals surface area (Å²) in [6, 6.07) is 10.7. The van der Waals surface area contributed by atoms with E-state index < -0.39 is 11.5 Å². The maximum absolute atomic E-state index is 12.6. The van der Waals surface area contributed by atoms with E-state index in [1.165, 1.54) is 7.11 Å². The zero-order valence-corrected chi connectivity index (χ0v) is 15.7. The standard InChI is InChI=1S/C20H24N2O5/c1-14-7-8-17(11-21-14)27-12-15-5-4-6-16(9-15)19(25)22-20(2,13-26-3)10-18(23)24/h4-9,11H,10,12-13H2,1-3H3,(H,22,25)(H,23,24). The lowest BCUT2D eigenvalue weighted by Crippen LogP contribution is -2.50. The molecule has 144 valence electrons. The van der Waals surface area contributed by atoms with Gasteiger partial charge in [0.2, 0.25) is 0 Å². The lowest BCUT2D eigenvalue weighted by molar-refractivity contribution is -0.139. The summed E-state index contributed by atoms with van der Waals surface area (Å²) >= 11 is 0. The Morgan fingerprint density at radius 3 is 2.67 bits per heavy atom. The molecule has 2 N–H and O–H groups in total. The molecule has 0 spiro atoms. The average Bonchev–Trinajstić information content (AvgIpc) is 2.60. The molecule has 27 heavy (non-hydrogen) atoms. The highest BCUT2D eigenvalue weighted by Gasteiger charge is 2.30. The number of aromatic nitrogens is 1. The van der Waals surface area contributed by atoms with Gasteiger partial charge in [0.15, 0.2) is 0 Å². The van der Waals surface area contributed by atoms with Crippen molar-refractivity contribution in [1.82, 2.24) is 10.3 Å². The molecule has 1 aromatic carbocycles. The zero-order valence-electron chi connectivity index (χ0n) is 15.7. The molecule has 7 heteroatoms. The van der Waals surface area contributed by atoms with Gasteiger partial charge in [0.1, 0.15) is 12.4 Å². The minimum atomic E-state index is -1.01. The number of nitrogens with zero attached hydrogens (tertiary/aromatic N) is 1. The number of carboxylic acids is 1. The number of ether oxygens (including phenoxy) is 2. The summed E-state index contributed by atoms with van der Waals surface area (Å²) in [4.78, 5) is 27.8. The van der Waals surface area contributed by atoms with Gasteiger partial charge in [-0.25, -0.2) is 0 Å². The first-order valence-corrected chi connectivity index (χ1v) is 8.49. The van der Waals surface area contributed by atoms with Crippen LogP contribution in [0.1, 0.15) is 35.0 Å². The summed E-state index contributed by atoms with van der Waals surface area (Å²) in [7, 11) is 1.46. The fourth-order valence-electron chi connectivity index (χ4n) is 2.64. The van der Waals surface area contributed by atoms with Gasteiger partial charge in [0.05, 0.1) is 24.8 Å². The molecule has 0 saturated heterocycles. The second kappa shape index (κ2) is 9.14. The van der Waals surface area contributed by atoms with Crippen LogP contribution in [0.5, 0.6) is 5.75 Å². The van der Waals surface area contributed by atoms with Crippen LogP contribution >= 0.6 is 0 Å². The van der Waals surface area contributed by atoms with E-state index in [2.05, 4.69) is 10.3 Å². The molecular formula is C20H24N2O5. The zero-order chi connectivity index (χ0) is 19.9.